The Bertz CT molecular complexity index is 742. The van der Waals surface area contributed by atoms with Gasteiger partial charge in [-0.05, 0) is 25.0 Å². The van der Waals surface area contributed by atoms with Crippen molar-refractivity contribution in [2.45, 2.75) is 37.8 Å². The van der Waals surface area contributed by atoms with Crippen LogP contribution in [0.4, 0.5) is 18.9 Å². The molecule has 0 aromatic heterocycles. The van der Waals surface area contributed by atoms with Crippen molar-refractivity contribution in [3.8, 4) is 0 Å². The minimum Gasteiger partial charge on any atom is -0.274 e. The highest BCUT2D eigenvalue weighted by atomic mass is 32.2. The number of nitro benzene ring substituents is 1. The number of benzene rings is 1. The van der Waals surface area contributed by atoms with E-state index >= 15 is 0 Å². The maximum Gasteiger partial charge on any atom is 0.416 e. The molecule has 0 aliphatic carbocycles. The number of hydrogen-bond acceptors (Lipinski definition) is 5. The summed E-state index contributed by atoms with van der Waals surface area (Å²) in [5.74, 6) is -1.50. The molecule has 1 amide bonds. The number of halogens is 3. The molecule has 1 N–H and O–H groups in total. The Kier molecular flexibility index (Phi) is 5.93. The van der Waals surface area contributed by atoms with Crippen molar-refractivity contribution in [2.75, 3.05) is 0 Å². The first-order valence-corrected chi connectivity index (χ1v) is 8.34. The summed E-state index contributed by atoms with van der Waals surface area (Å²) in [7, 11) is -4.67. The molecule has 1 aromatic carbocycles. The first kappa shape index (κ1) is 19.9. The third kappa shape index (κ3) is 4.43. The number of sulfonamides is 1. The van der Waals surface area contributed by atoms with Crippen LogP contribution in [0, 0.1) is 16.0 Å². The molecular weight excluding hydrogens is 353 g/mol. The van der Waals surface area contributed by atoms with Crippen LogP contribution in [0.3, 0.4) is 0 Å². The summed E-state index contributed by atoms with van der Waals surface area (Å²) >= 11 is 0. The van der Waals surface area contributed by atoms with Gasteiger partial charge in [0.05, 0.1) is 10.5 Å². The van der Waals surface area contributed by atoms with Gasteiger partial charge in [-0.3, -0.25) is 14.9 Å². The molecule has 134 valence electrons. The molecular formula is C13H15F3N2O5S. The van der Waals surface area contributed by atoms with Crippen LogP contribution in [0.15, 0.2) is 23.1 Å². The molecule has 24 heavy (non-hydrogen) atoms. The summed E-state index contributed by atoms with van der Waals surface area (Å²) in [5.41, 5.74) is -2.62. The van der Waals surface area contributed by atoms with Crippen molar-refractivity contribution in [1.29, 1.82) is 0 Å². The van der Waals surface area contributed by atoms with E-state index in [1.807, 2.05) is 0 Å². The smallest absolute Gasteiger partial charge is 0.274 e. The number of alkyl halides is 3. The molecule has 0 heterocycles. The van der Waals surface area contributed by atoms with E-state index in [1.165, 1.54) is 0 Å². The number of hydrogen-bond donors (Lipinski definition) is 1. The van der Waals surface area contributed by atoms with Crippen molar-refractivity contribution in [1.82, 2.24) is 4.72 Å². The number of nitrogens with one attached hydrogen (secondary N) is 1. The third-order valence-electron chi connectivity index (χ3n) is 3.36. The molecule has 0 spiro atoms. The molecule has 0 fully saturated rings. The standard InChI is InChI=1S/C13H15F3N2O5S/c1-3-8(4-2)12(19)17-24(22,23)11-6-5-9(13(14,15)16)7-10(11)18(20)21/h5-8H,3-4H2,1-2H3,(H,17,19). The molecule has 7 nitrogen and oxygen atoms in total. The van der Waals surface area contributed by atoms with E-state index in [-0.39, 0.29) is 6.07 Å². The molecule has 0 aliphatic heterocycles. The lowest BCUT2D eigenvalue weighted by Crippen LogP contribution is -2.35. The summed E-state index contributed by atoms with van der Waals surface area (Å²) in [6, 6.07) is 0.989. The second kappa shape index (κ2) is 7.16. The zero-order valence-electron chi connectivity index (χ0n) is 12.8. The summed E-state index contributed by atoms with van der Waals surface area (Å²) in [6.07, 6.45) is -4.19. The van der Waals surface area contributed by atoms with Crippen molar-refractivity contribution in [2.24, 2.45) is 5.92 Å². The largest absolute Gasteiger partial charge is 0.416 e. The minimum absolute atomic E-state index is 0.121. The van der Waals surface area contributed by atoms with Gasteiger partial charge in [0.15, 0.2) is 4.90 Å². The highest BCUT2D eigenvalue weighted by Gasteiger charge is 2.36. The molecule has 1 rings (SSSR count). The van der Waals surface area contributed by atoms with E-state index in [0.29, 0.717) is 25.0 Å². The van der Waals surface area contributed by atoms with E-state index in [9.17, 15) is 36.5 Å². The molecule has 0 bridgehead atoms. The number of carbonyl (C=O) groups is 1. The number of nitro groups is 1. The zero-order valence-corrected chi connectivity index (χ0v) is 13.6. The summed E-state index contributed by atoms with van der Waals surface area (Å²) in [4.78, 5) is 20.6. The average molecular weight is 368 g/mol. The normalized spacial score (nSPS) is 12.2. The summed E-state index contributed by atoms with van der Waals surface area (Å²) < 4.78 is 63.8. The van der Waals surface area contributed by atoms with Crippen LogP contribution >= 0.6 is 0 Å². The summed E-state index contributed by atoms with van der Waals surface area (Å²) in [6.45, 7) is 3.31. The predicted molar refractivity (Wildman–Crippen MR) is 77.5 cm³/mol. The van der Waals surface area contributed by atoms with Gasteiger partial charge in [-0.15, -0.1) is 0 Å². The second-order valence-corrected chi connectivity index (χ2v) is 6.57. The molecule has 0 unspecified atom stereocenters. The number of rotatable bonds is 6. The van der Waals surface area contributed by atoms with Crippen LogP contribution in [0.1, 0.15) is 32.3 Å². The van der Waals surface area contributed by atoms with Crippen molar-refractivity contribution < 1.29 is 31.3 Å². The van der Waals surface area contributed by atoms with Gasteiger partial charge >= 0.3 is 6.18 Å². The Hall–Kier alpha value is -2.17. The first-order chi connectivity index (χ1) is 10.9. The Balaban J connectivity index is 3.34. The Morgan fingerprint density at radius 3 is 2.25 bits per heavy atom. The Morgan fingerprint density at radius 1 is 1.29 bits per heavy atom. The molecule has 0 saturated carbocycles. The van der Waals surface area contributed by atoms with E-state index in [4.69, 9.17) is 0 Å². The van der Waals surface area contributed by atoms with Crippen molar-refractivity contribution in [3.05, 3.63) is 33.9 Å². The molecule has 0 radical (unpaired) electrons. The lowest BCUT2D eigenvalue weighted by Gasteiger charge is -2.14. The number of carbonyl (C=O) groups excluding carboxylic acids is 1. The van der Waals surface area contributed by atoms with Crippen molar-refractivity contribution in [3.63, 3.8) is 0 Å². The molecule has 11 heteroatoms. The predicted octanol–water partition coefficient (Wildman–Crippen LogP) is 2.85. The van der Waals surface area contributed by atoms with Crippen molar-refractivity contribution >= 4 is 21.6 Å². The van der Waals surface area contributed by atoms with Gasteiger partial charge in [0.2, 0.25) is 5.91 Å². The number of amides is 1. The molecule has 0 saturated heterocycles. The van der Waals surface area contributed by atoms with Crippen LogP contribution in [0.2, 0.25) is 0 Å². The van der Waals surface area contributed by atoms with Gasteiger partial charge in [-0.1, -0.05) is 13.8 Å². The molecule has 0 aliphatic rings. The fourth-order valence-electron chi connectivity index (χ4n) is 1.99. The Labute approximate surface area is 136 Å². The lowest BCUT2D eigenvalue weighted by molar-refractivity contribution is -0.388. The first-order valence-electron chi connectivity index (χ1n) is 6.86. The topological polar surface area (TPSA) is 106 Å². The quantitative estimate of drug-likeness (QED) is 0.614. The minimum atomic E-state index is -4.87. The molecule has 0 atom stereocenters. The van der Waals surface area contributed by atoms with Crippen LogP contribution < -0.4 is 4.72 Å². The Morgan fingerprint density at radius 2 is 1.83 bits per heavy atom. The van der Waals surface area contributed by atoms with Gasteiger partial charge in [-0.25, -0.2) is 13.1 Å². The van der Waals surface area contributed by atoms with Crippen LogP contribution in [0.25, 0.3) is 0 Å². The van der Waals surface area contributed by atoms with E-state index < -0.39 is 49.1 Å². The fourth-order valence-corrected chi connectivity index (χ4v) is 3.19. The SMILES string of the molecule is CCC(CC)C(=O)NS(=O)(=O)c1ccc(C(F)(F)F)cc1[N+](=O)[O-]. The van der Waals surface area contributed by atoms with E-state index in [0.717, 1.165) is 0 Å². The summed E-state index contributed by atoms with van der Waals surface area (Å²) in [5, 5.41) is 10.9. The van der Waals surface area contributed by atoms with Gasteiger partial charge in [0, 0.05) is 12.0 Å². The van der Waals surface area contributed by atoms with Crippen LogP contribution in [-0.4, -0.2) is 19.2 Å². The lowest BCUT2D eigenvalue weighted by atomic mass is 10.0. The van der Waals surface area contributed by atoms with E-state index in [2.05, 4.69) is 0 Å². The molecule has 1 aromatic rings. The van der Waals surface area contributed by atoms with Gasteiger partial charge in [0.1, 0.15) is 0 Å². The number of nitrogens with zero attached hydrogens (tertiary/aromatic N) is 1. The van der Waals surface area contributed by atoms with Gasteiger partial charge < -0.3 is 0 Å². The highest BCUT2D eigenvalue weighted by molar-refractivity contribution is 7.90. The highest BCUT2D eigenvalue weighted by Crippen LogP contribution is 2.34. The van der Waals surface area contributed by atoms with E-state index in [1.54, 1.807) is 18.6 Å². The van der Waals surface area contributed by atoms with Gasteiger partial charge in [-0.2, -0.15) is 13.2 Å². The third-order valence-corrected chi connectivity index (χ3v) is 4.76. The van der Waals surface area contributed by atoms with Crippen LogP contribution in [0.5, 0.6) is 0 Å². The van der Waals surface area contributed by atoms with Gasteiger partial charge in [0.25, 0.3) is 15.7 Å². The second-order valence-electron chi connectivity index (χ2n) is 4.92. The zero-order chi connectivity index (χ0) is 18.7. The fraction of sp³-hybridized carbons (Fsp3) is 0.462. The van der Waals surface area contributed by atoms with Crippen LogP contribution in [-0.2, 0) is 21.0 Å². The average Bonchev–Trinajstić information content (AvgIpc) is 2.46. The maximum absolute atomic E-state index is 12.6. The monoisotopic (exact) mass is 368 g/mol. The maximum atomic E-state index is 12.6.